The Morgan fingerprint density at radius 3 is 2.38 bits per heavy atom. The van der Waals surface area contributed by atoms with Crippen LogP contribution < -0.4 is 0 Å². The first-order valence-electron chi connectivity index (χ1n) is 7.07. The van der Waals surface area contributed by atoms with Crippen LogP contribution in [0.4, 0.5) is 0 Å². The zero-order valence-electron chi connectivity index (χ0n) is 13.0. The summed E-state index contributed by atoms with van der Waals surface area (Å²) in [5.74, 6) is 0.363. The van der Waals surface area contributed by atoms with Gasteiger partial charge in [0.15, 0.2) is 0 Å². The van der Waals surface area contributed by atoms with Gasteiger partial charge in [-0.05, 0) is 36.9 Å². The summed E-state index contributed by atoms with van der Waals surface area (Å²) in [6, 6.07) is 6.27. The Kier molecular flexibility index (Phi) is 8.19. The van der Waals surface area contributed by atoms with Crippen LogP contribution >= 0.6 is 17.0 Å². The summed E-state index contributed by atoms with van der Waals surface area (Å²) < 4.78 is 0. The predicted molar refractivity (Wildman–Crippen MR) is 92.3 cm³/mol. The number of aryl methyl sites for hydroxylation is 1. The molecule has 1 N–H and O–H groups in total. The van der Waals surface area contributed by atoms with Gasteiger partial charge in [0.1, 0.15) is 5.75 Å². The van der Waals surface area contributed by atoms with Crippen molar-refractivity contribution in [2.45, 2.75) is 51.0 Å². The van der Waals surface area contributed by atoms with E-state index < -0.39 is 28.9 Å². The van der Waals surface area contributed by atoms with E-state index in [2.05, 4.69) is 24.6 Å². The normalized spacial score (nSPS) is 21.4. The number of rotatable bonds is 3. The second-order valence-electron chi connectivity index (χ2n) is 6.55. The Morgan fingerprint density at radius 1 is 1.29 bits per heavy atom. The number of halogens is 2. The van der Waals surface area contributed by atoms with Gasteiger partial charge >= 0.3 is 37.9 Å². The number of phenols is 1. The molecule has 0 aromatic heterocycles. The molecule has 0 saturated heterocycles. The average Bonchev–Trinajstić information content (AvgIpc) is 2.31. The molecule has 0 bridgehead atoms. The molecule has 1 fully saturated rings. The monoisotopic (exact) mass is 421 g/mol. The molecule has 0 spiro atoms. The topological polar surface area (TPSA) is 32.6 Å². The second kappa shape index (κ2) is 8.86. The van der Waals surface area contributed by atoms with Gasteiger partial charge in [0.25, 0.3) is 0 Å². The molecule has 1 aliphatic carbocycles. The van der Waals surface area contributed by atoms with Crippen molar-refractivity contribution in [1.29, 1.82) is 0 Å². The van der Waals surface area contributed by atoms with E-state index >= 15 is 0 Å². The van der Waals surface area contributed by atoms with E-state index in [9.17, 15) is 5.11 Å². The summed E-state index contributed by atoms with van der Waals surface area (Å²) in [4.78, 5) is 4.60. The van der Waals surface area contributed by atoms with Crippen LogP contribution in [0, 0.1) is 6.92 Å². The Bertz CT molecular complexity index is 485. The van der Waals surface area contributed by atoms with E-state index in [1.165, 1.54) is 12.8 Å². The molecule has 116 valence electrons. The molecule has 6 heteroatoms. The number of benzene rings is 1. The zero-order chi connectivity index (χ0) is 16.0. The maximum atomic E-state index is 9.90. The standard InChI is InChI=1S/C15H23NOSi.2ClH.Zr/c1-11-6-5-7-12(15(11)17)10-16-13-8-14(9-13)18(2,3)4;;;/h5-7,10,13-14,17H,8-9H2,1-4H3;2*1H;/q;;;+2/p-2. The minimum absolute atomic E-state index is 0.363. The number of phenolic OH excluding ortho intramolecular Hbond substituents is 1. The first kappa shape index (κ1) is 19.4. The molecular weight excluding hydrogens is 400 g/mol. The summed E-state index contributed by atoms with van der Waals surface area (Å²) in [5, 5.41) is 9.90. The molecule has 1 aromatic rings. The van der Waals surface area contributed by atoms with Crippen molar-refractivity contribution in [1.82, 2.24) is 0 Å². The molecule has 21 heavy (non-hydrogen) atoms. The van der Waals surface area contributed by atoms with Crippen LogP contribution in [0.3, 0.4) is 0 Å². The zero-order valence-corrected chi connectivity index (χ0v) is 18.0. The Hall–Kier alpha value is 0.370. The van der Waals surface area contributed by atoms with E-state index in [0.717, 1.165) is 16.7 Å². The van der Waals surface area contributed by atoms with E-state index in [1.807, 2.05) is 31.3 Å². The van der Waals surface area contributed by atoms with Gasteiger partial charge in [0.05, 0.1) is 0 Å². The fraction of sp³-hybridized carbons (Fsp3) is 0.533. The van der Waals surface area contributed by atoms with Gasteiger partial charge in [-0.3, -0.25) is 4.99 Å². The van der Waals surface area contributed by atoms with Crippen molar-refractivity contribution in [3.63, 3.8) is 0 Å². The molecule has 0 heterocycles. The van der Waals surface area contributed by atoms with Crippen molar-refractivity contribution in [3.8, 4) is 5.75 Å². The molecule has 1 saturated carbocycles. The van der Waals surface area contributed by atoms with Crippen LogP contribution in [0.1, 0.15) is 24.0 Å². The second-order valence-corrected chi connectivity index (χ2v) is 15.8. The van der Waals surface area contributed by atoms with Crippen molar-refractivity contribution < 1.29 is 26.0 Å². The van der Waals surface area contributed by atoms with Gasteiger partial charge in [0, 0.05) is 25.9 Å². The molecule has 1 aromatic carbocycles. The maximum absolute atomic E-state index is 9.90. The quantitative estimate of drug-likeness (QED) is 0.515. The number of para-hydroxylation sites is 1. The van der Waals surface area contributed by atoms with Crippen LogP contribution in [0.2, 0.25) is 25.2 Å². The van der Waals surface area contributed by atoms with Gasteiger partial charge < -0.3 is 5.11 Å². The number of aliphatic imine (C=N–C) groups is 1. The molecule has 0 aliphatic heterocycles. The Balaban J connectivity index is 0.000000677. The van der Waals surface area contributed by atoms with Crippen LogP contribution in [-0.4, -0.2) is 25.4 Å². The van der Waals surface area contributed by atoms with Crippen LogP contribution in [-0.2, 0) is 20.8 Å². The number of hydrogen-bond acceptors (Lipinski definition) is 2. The first-order valence-corrected chi connectivity index (χ1v) is 17.0. The van der Waals surface area contributed by atoms with E-state index in [4.69, 9.17) is 17.0 Å². The molecular formula is C15H23Cl2NOSiZr. The van der Waals surface area contributed by atoms with Gasteiger partial charge in [-0.2, -0.15) is 0 Å². The summed E-state index contributed by atoms with van der Waals surface area (Å²) in [6.45, 7) is 9.22. The van der Waals surface area contributed by atoms with Crippen molar-refractivity contribution in [2.75, 3.05) is 0 Å². The van der Waals surface area contributed by atoms with E-state index in [-0.39, 0.29) is 0 Å². The SMILES string of the molecule is Cc1cccc(C=NC2CC([Si](C)(C)C)C2)c1O.[Cl][Zr][Cl]. The molecule has 2 nitrogen and oxygen atoms in total. The molecule has 0 amide bonds. The third-order valence-electron chi connectivity index (χ3n) is 4.03. The molecule has 1 aliphatic rings. The summed E-state index contributed by atoms with van der Waals surface area (Å²) in [7, 11) is 8.90. The van der Waals surface area contributed by atoms with Crippen molar-refractivity contribution in [3.05, 3.63) is 29.3 Å². The number of aromatic hydroxyl groups is 1. The Morgan fingerprint density at radius 2 is 1.86 bits per heavy atom. The Labute approximate surface area is 147 Å². The summed E-state index contributed by atoms with van der Waals surface area (Å²) in [5.41, 5.74) is 2.67. The van der Waals surface area contributed by atoms with Gasteiger partial charge in [0.2, 0.25) is 0 Å². The van der Waals surface area contributed by atoms with Gasteiger partial charge in [-0.1, -0.05) is 31.8 Å². The first-order chi connectivity index (χ1) is 9.79. The van der Waals surface area contributed by atoms with Crippen molar-refractivity contribution in [2.24, 2.45) is 4.99 Å². The summed E-state index contributed by atoms with van der Waals surface area (Å²) in [6.07, 6.45) is 4.31. The van der Waals surface area contributed by atoms with Crippen LogP contribution in [0.25, 0.3) is 0 Å². The van der Waals surface area contributed by atoms with Crippen LogP contribution in [0.15, 0.2) is 23.2 Å². The molecule has 0 radical (unpaired) electrons. The third-order valence-corrected chi connectivity index (χ3v) is 6.95. The number of nitrogens with zero attached hydrogens (tertiary/aromatic N) is 1. The van der Waals surface area contributed by atoms with E-state index in [0.29, 0.717) is 11.8 Å². The fourth-order valence-electron chi connectivity index (χ4n) is 2.39. The fourth-order valence-corrected chi connectivity index (χ4v) is 4.35. The predicted octanol–water partition coefficient (Wildman–Crippen LogP) is 5.37. The van der Waals surface area contributed by atoms with Gasteiger partial charge in [-0.25, -0.2) is 0 Å². The molecule has 0 atom stereocenters. The number of hydrogen-bond donors (Lipinski definition) is 1. The molecule has 2 rings (SSSR count). The summed E-state index contributed by atoms with van der Waals surface area (Å²) >= 11 is -0.826. The average molecular weight is 424 g/mol. The van der Waals surface area contributed by atoms with Crippen molar-refractivity contribution >= 4 is 31.3 Å². The minimum atomic E-state index is -0.967. The third kappa shape index (κ3) is 6.17. The molecule has 0 unspecified atom stereocenters. The van der Waals surface area contributed by atoms with Gasteiger partial charge in [-0.15, -0.1) is 0 Å². The van der Waals surface area contributed by atoms with Crippen LogP contribution in [0.5, 0.6) is 5.75 Å². The van der Waals surface area contributed by atoms with E-state index in [1.54, 1.807) is 0 Å².